The first-order chi connectivity index (χ1) is 9.29. The average molecular weight is 364 g/mol. The first-order valence-corrected chi connectivity index (χ1v) is 7.73. The number of hydrogen-bond acceptors (Lipinski definition) is 5. The van der Waals surface area contributed by atoms with Gasteiger partial charge in [0, 0.05) is 11.8 Å². The zero-order valence-electron chi connectivity index (χ0n) is 10.4. The molecule has 6 nitrogen and oxygen atoms in total. The molecule has 20 heavy (non-hydrogen) atoms. The van der Waals surface area contributed by atoms with Crippen LogP contribution in [0.25, 0.3) is 0 Å². The van der Waals surface area contributed by atoms with E-state index in [4.69, 9.17) is 10.3 Å². The van der Waals surface area contributed by atoms with Crippen molar-refractivity contribution in [1.29, 1.82) is 0 Å². The summed E-state index contributed by atoms with van der Waals surface area (Å²) >= 11 is 2.91. The highest BCUT2D eigenvalue weighted by molar-refractivity contribution is 9.10. The van der Waals surface area contributed by atoms with Crippen molar-refractivity contribution in [1.82, 2.24) is 9.88 Å². The largest absolute Gasteiger partial charge is 0.399 e. The second kappa shape index (κ2) is 5.51. The average Bonchev–Trinajstić information content (AvgIpc) is 2.77. The summed E-state index contributed by atoms with van der Waals surface area (Å²) in [6.45, 7) is 1.57. The Morgan fingerprint density at radius 2 is 2.15 bits per heavy atom. The summed E-state index contributed by atoms with van der Waals surface area (Å²) in [5.41, 5.74) is 6.27. The van der Waals surface area contributed by atoms with Gasteiger partial charge < -0.3 is 10.3 Å². The monoisotopic (exact) mass is 363 g/mol. The smallest absolute Gasteiger partial charge is 0.244 e. The molecule has 0 atom stereocenters. The maximum absolute atomic E-state index is 13.8. The SMILES string of the molecule is Cc1cc(CNS(=O)(=O)c2cc(N)cc(Br)c2F)on1. The number of hydrogen-bond donors (Lipinski definition) is 2. The predicted octanol–water partition coefficient (Wildman–Crippen LogP) is 1.95. The van der Waals surface area contributed by atoms with Crippen molar-refractivity contribution in [3.63, 3.8) is 0 Å². The predicted molar refractivity (Wildman–Crippen MR) is 73.8 cm³/mol. The van der Waals surface area contributed by atoms with Crippen LogP contribution in [0.5, 0.6) is 0 Å². The summed E-state index contributed by atoms with van der Waals surface area (Å²) in [5.74, 6) is -0.574. The number of benzene rings is 1. The second-order valence-corrected chi connectivity index (χ2v) is 6.66. The van der Waals surface area contributed by atoms with Crippen molar-refractivity contribution in [2.45, 2.75) is 18.4 Å². The van der Waals surface area contributed by atoms with Crippen LogP contribution in [0.15, 0.2) is 32.1 Å². The lowest BCUT2D eigenvalue weighted by Crippen LogP contribution is -2.24. The second-order valence-electron chi connectivity index (χ2n) is 4.07. The Labute approximate surface area is 123 Å². The van der Waals surface area contributed by atoms with E-state index in [1.165, 1.54) is 6.07 Å². The summed E-state index contributed by atoms with van der Waals surface area (Å²) in [5, 5.41) is 3.62. The summed E-state index contributed by atoms with van der Waals surface area (Å²) in [7, 11) is -4.05. The standard InChI is InChI=1S/C11H11BrFN3O3S/c1-6-2-8(19-16-6)5-15-20(17,18)10-4-7(14)3-9(12)11(10)13/h2-4,15H,5,14H2,1H3. The molecule has 1 aromatic carbocycles. The number of aryl methyl sites for hydroxylation is 1. The van der Waals surface area contributed by atoms with E-state index in [0.717, 1.165) is 6.07 Å². The van der Waals surface area contributed by atoms with Crippen LogP contribution in [-0.2, 0) is 16.6 Å². The Kier molecular flexibility index (Phi) is 4.11. The summed E-state index contributed by atoms with van der Waals surface area (Å²) in [6.07, 6.45) is 0. The third-order valence-corrected chi connectivity index (χ3v) is 4.40. The van der Waals surface area contributed by atoms with Crippen molar-refractivity contribution in [3.05, 3.63) is 39.9 Å². The van der Waals surface area contributed by atoms with E-state index in [2.05, 4.69) is 25.8 Å². The fourth-order valence-electron chi connectivity index (χ4n) is 1.52. The van der Waals surface area contributed by atoms with Gasteiger partial charge in [0.05, 0.1) is 16.7 Å². The summed E-state index contributed by atoms with van der Waals surface area (Å²) in [6, 6.07) is 3.91. The lowest BCUT2D eigenvalue weighted by atomic mass is 10.3. The molecule has 0 aliphatic rings. The Morgan fingerprint density at radius 3 is 2.75 bits per heavy atom. The highest BCUT2D eigenvalue weighted by Crippen LogP contribution is 2.26. The maximum atomic E-state index is 13.8. The number of nitrogens with zero attached hydrogens (tertiary/aromatic N) is 1. The van der Waals surface area contributed by atoms with E-state index < -0.39 is 20.7 Å². The number of anilines is 1. The van der Waals surface area contributed by atoms with Crippen molar-refractivity contribution in [2.24, 2.45) is 0 Å². The molecule has 0 bridgehead atoms. The van der Waals surface area contributed by atoms with Crippen molar-refractivity contribution < 1.29 is 17.3 Å². The molecule has 0 spiro atoms. The van der Waals surface area contributed by atoms with Crippen LogP contribution < -0.4 is 10.5 Å². The van der Waals surface area contributed by atoms with E-state index in [0.29, 0.717) is 11.5 Å². The molecule has 1 heterocycles. The Balaban J connectivity index is 2.27. The minimum Gasteiger partial charge on any atom is -0.399 e. The number of halogens is 2. The summed E-state index contributed by atoms with van der Waals surface area (Å²) < 4.78 is 45.0. The van der Waals surface area contributed by atoms with Crippen LogP contribution >= 0.6 is 15.9 Å². The van der Waals surface area contributed by atoms with Gasteiger partial charge in [0.25, 0.3) is 0 Å². The van der Waals surface area contributed by atoms with Crippen molar-refractivity contribution in [3.8, 4) is 0 Å². The van der Waals surface area contributed by atoms with Gasteiger partial charge in [-0.1, -0.05) is 5.16 Å². The lowest BCUT2D eigenvalue weighted by Gasteiger charge is -2.08. The molecule has 0 aliphatic heterocycles. The van der Waals surface area contributed by atoms with Crippen LogP contribution in [0.1, 0.15) is 11.5 Å². The van der Waals surface area contributed by atoms with Crippen molar-refractivity contribution in [2.75, 3.05) is 5.73 Å². The van der Waals surface area contributed by atoms with Crippen LogP contribution in [-0.4, -0.2) is 13.6 Å². The Bertz CT molecular complexity index is 745. The van der Waals surface area contributed by atoms with Crippen LogP contribution in [0, 0.1) is 12.7 Å². The molecular weight excluding hydrogens is 353 g/mol. The quantitative estimate of drug-likeness (QED) is 0.808. The van der Waals surface area contributed by atoms with Gasteiger partial charge in [-0.3, -0.25) is 0 Å². The number of nitrogen functional groups attached to an aromatic ring is 1. The number of nitrogens with two attached hydrogens (primary N) is 1. The Morgan fingerprint density at radius 1 is 1.45 bits per heavy atom. The van der Waals surface area contributed by atoms with Gasteiger partial charge >= 0.3 is 0 Å². The van der Waals surface area contributed by atoms with Crippen LogP contribution in [0.3, 0.4) is 0 Å². The topological polar surface area (TPSA) is 98.2 Å². The van der Waals surface area contributed by atoms with Gasteiger partial charge in [0.2, 0.25) is 10.0 Å². The highest BCUT2D eigenvalue weighted by Gasteiger charge is 2.22. The first kappa shape index (κ1) is 14.9. The van der Waals surface area contributed by atoms with Crippen molar-refractivity contribution >= 4 is 31.6 Å². The molecule has 3 N–H and O–H groups in total. The normalized spacial score (nSPS) is 11.8. The minimum atomic E-state index is -4.05. The molecule has 9 heteroatoms. The van der Waals surface area contributed by atoms with Gasteiger partial charge in [0.15, 0.2) is 11.6 Å². The zero-order chi connectivity index (χ0) is 14.9. The van der Waals surface area contributed by atoms with E-state index in [-0.39, 0.29) is 16.7 Å². The molecule has 0 unspecified atom stereocenters. The van der Waals surface area contributed by atoms with Crippen LogP contribution in [0.4, 0.5) is 10.1 Å². The Hall–Kier alpha value is -1.45. The van der Waals surface area contributed by atoms with Gasteiger partial charge in [-0.25, -0.2) is 17.5 Å². The fraction of sp³-hybridized carbons (Fsp3) is 0.182. The van der Waals surface area contributed by atoms with E-state index in [1.54, 1.807) is 13.0 Å². The lowest BCUT2D eigenvalue weighted by molar-refractivity contribution is 0.377. The third kappa shape index (κ3) is 3.17. The molecule has 0 radical (unpaired) electrons. The molecule has 0 amide bonds. The molecule has 2 rings (SSSR count). The van der Waals surface area contributed by atoms with Gasteiger partial charge in [-0.15, -0.1) is 0 Å². The minimum absolute atomic E-state index is 0.0200. The third-order valence-electron chi connectivity index (χ3n) is 2.42. The molecule has 108 valence electrons. The number of nitrogens with one attached hydrogen (secondary N) is 1. The maximum Gasteiger partial charge on any atom is 0.244 e. The van der Waals surface area contributed by atoms with Crippen LogP contribution in [0.2, 0.25) is 0 Å². The molecule has 1 aromatic heterocycles. The fourth-order valence-corrected chi connectivity index (χ4v) is 3.26. The molecule has 2 aromatic rings. The molecule has 0 fully saturated rings. The van der Waals surface area contributed by atoms with Gasteiger partial charge in [-0.05, 0) is 35.0 Å². The summed E-state index contributed by atoms with van der Waals surface area (Å²) in [4.78, 5) is -0.527. The van der Waals surface area contributed by atoms with Gasteiger partial charge in [-0.2, -0.15) is 0 Å². The molecule has 0 saturated heterocycles. The molecule has 0 aliphatic carbocycles. The number of aromatic nitrogens is 1. The van der Waals surface area contributed by atoms with E-state index in [1.807, 2.05) is 0 Å². The van der Waals surface area contributed by atoms with E-state index in [9.17, 15) is 12.8 Å². The van der Waals surface area contributed by atoms with Gasteiger partial charge in [0.1, 0.15) is 4.90 Å². The number of rotatable bonds is 4. The molecular formula is C11H11BrFN3O3S. The first-order valence-electron chi connectivity index (χ1n) is 5.46. The van der Waals surface area contributed by atoms with E-state index >= 15 is 0 Å². The zero-order valence-corrected chi connectivity index (χ0v) is 12.8. The molecule has 0 saturated carbocycles. The number of sulfonamides is 1. The highest BCUT2D eigenvalue weighted by atomic mass is 79.9.